The summed E-state index contributed by atoms with van der Waals surface area (Å²) in [5, 5.41) is 3.64. The number of ether oxygens (including phenoxy) is 1. The highest BCUT2D eigenvalue weighted by molar-refractivity contribution is 5.77. The van der Waals surface area contributed by atoms with Crippen LogP contribution in [0, 0.1) is 0 Å². The Kier molecular flexibility index (Phi) is 6.42. The van der Waals surface area contributed by atoms with Crippen LogP contribution in [0.15, 0.2) is 54.6 Å². The minimum atomic E-state index is -2.79. The number of benzene rings is 2. The normalized spacial score (nSPS) is 17.5. The van der Waals surface area contributed by atoms with Crippen LogP contribution in [-0.4, -0.2) is 56.3 Å². The lowest BCUT2D eigenvalue weighted by Gasteiger charge is -2.32. The minimum Gasteiger partial charge on any atom is -0.378 e. The number of halogens is 2. The quantitative estimate of drug-likeness (QED) is 0.381. The third kappa shape index (κ3) is 4.85. The number of fused-ring (bicyclic) bond motifs is 1. The standard InChI is InChI=1S/C27H29F2N7O/c28-22(29)23-30-20-10-4-5-11-21(20)36(23)26-32-24(31-25(33-26)35-14-16-37-17-15-35)34-27(12-6-7-13-27)18-19-8-2-1-3-9-19/h1-5,8-11,22H,6-7,12-18H2,(H,31,32,33,34). The summed E-state index contributed by atoms with van der Waals surface area (Å²) in [6.07, 6.45) is 2.22. The molecule has 0 amide bonds. The zero-order chi connectivity index (χ0) is 25.2. The molecule has 0 spiro atoms. The van der Waals surface area contributed by atoms with Crippen molar-refractivity contribution >= 4 is 22.9 Å². The molecule has 37 heavy (non-hydrogen) atoms. The van der Waals surface area contributed by atoms with Crippen LogP contribution in [0.25, 0.3) is 17.0 Å². The van der Waals surface area contributed by atoms with Gasteiger partial charge in [-0.1, -0.05) is 55.3 Å². The van der Waals surface area contributed by atoms with Gasteiger partial charge in [0.2, 0.25) is 17.8 Å². The zero-order valence-electron chi connectivity index (χ0n) is 20.5. The molecule has 2 aromatic heterocycles. The molecule has 192 valence electrons. The van der Waals surface area contributed by atoms with Crippen molar-refractivity contribution in [3.8, 4) is 5.95 Å². The Morgan fingerprint density at radius 2 is 1.57 bits per heavy atom. The van der Waals surface area contributed by atoms with E-state index in [0.717, 1.165) is 32.1 Å². The molecule has 10 heteroatoms. The van der Waals surface area contributed by atoms with Gasteiger partial charge in [-0.15, -0.1) is 0 Å². The Morgan fingerprint density at radius 1 is 0.865 bits per heavy atom. The Hall–Kier alpha value is -3.66. The Balaban J connectivity index is 1.45. The van der Waals surface area contributed by atoms with Crippen LogP contribution >= 0.6 is 0 Å². The maximum Gasteiger partial charge on any atom is 0.296 e. The van der Waals surface area contributed by atoms with Gasteiger partial charge in [0.05, 0.1) is 24.2 Å². The topological polar surface area (TPSA) is 81.0 Å². The summed E-state index contributed by atoms with van der Waals surface area (Å²) in [4.78, 5) is 20.4. The van der Waals surface area contributed by atoms with E-state index < -0.39 is 6.43 Å². The lowest BCUT2D eigenvalue weighted by Crippen LogP contribution is -2.40. The molecule has 0 unspecified atom stereocenters. The first kappa shape index (κ1) is 23.7. The van der Waals surface area contributed by atoms with E-state index in [1.165, 1.54) is 10.1 Å². The predicted molar refractivity (Wildman–Crippen MR) is 137 cm³/mol. The van der Waals surface area contributed by atoms with Crippen LogP contribution in [-0.2, 0) is 11.2 Å². The SMILES string of the molecule is FC(F)c1nc2ccccc2n1-c1nc(NC2(Cc3ccccc3)CCCC2)nc(N2CCOCC2)n1. The second kappa shape index (κ2) is 10.0. The maximum absolute atomic E-state index is 14.1. The van der Waals surface area contributed by atoms with Crippen LogP contribution < -0.4 is 10.2 Å². The van der Waals surface area contributed by atoms with E-state index in [-0.39, 0.29) is 17.3 Å². The minimum absolute atomic E-state index is 0.135. The van der Waals surface area contributed by atoms with Gasteiger partial charge in [-0.3, -0.25) is 4.57 Å². The van der Waals surface area contributed by atoms with E-state index in [1.807, 2.05) is 23.1 Å². The van der Waals surface area contributed by atoms with Gasteiger partial charge in [0.25, 0.3) is 6.43 Å². The number of imidazole rings is 1. The fraction of sp³-hybridized carbons (Fsp3) is 0.407. The second-order valence-corrected chi connectivity index (χ2v) is 9.73. The Morgan fingerprint density at radius 3 is 2.32 bits per heavy atom. The first-order valence-corrected chi connectivity index (χ1v) is 12.8. The highest BCUT2D eigenvalue weighted by Crippen LogP contribution is 2.36. The van der Waals surface area contributed by atoms with Gasteiger partial charge >= 0.3 is 0 Å². The molecule has 6 rings (SSSR count). The van der Waals surface area contributed by atoms with Gasteiger partial charge < -0.3 is 15.0 Å². The van der Waals surface area contributed by atoms with Crippen molar-refractivity contribution in [3.63, 3.8) is 0 Å². The van der Waals surface area contributed by atoms with Crippen LogP contribution in [0.2, 0.25) is 0 Å². The third-order valence-electron chi connectivity index (χ3n) is 7.21. The van der Waals surface area contributed by atoms with Crippen LogP contribution in [0.1, 0.15) is 43.5 Å². The number of para-hydroxylation sites is 2. The molecule has 1 saturated heterocycles. The van der Waals surface area contributed by atoms with Crippen molar-refractivity contribution in [2.45, 2.75) is 44.1 Å². The molecule has 3 heterocycles. The molecular weight excluding hydrogens is 476 g/mol. The number of nitrogens with zero attached hydrogens (tertiary/aromatic N) is 6. The molecule has 1 aliphatic carbocycles. The summed E-state index contributed by atoms with van der Waals surface area (Å²) in [6, 6.07) is 17.4. The van der Waals surface area contributed by atoms with E-state index in [9.17, 15) is 8.78 Å². The van der Waals surface area contributed by atoms with Crippen molar-refractivity contribution < 1.29 is 13.5 Å². The molecule has 1 aliphatic heterocycles. The fourth-order valence-electron chi connectivity index (χ4n) is 5.44. The average Bonchev–Trinajstić information content (AvgIpc) is 3.54. The van der Waals surface area contributed by atoms with Crippen molar-refractivity contribution in [1.29, 1.82) is 0 Å². The summed E-state index contributed by atoms with van der Waals surface area (Å²) >= 11 is 0. The lowest BCUT2D eigenvalue weighted by atomic mass is 9.89. The third-order valence-corrected chi connectivity index (χ3v) is 7.21. The van der Waals surface area contributed by atoms with Crippen LogP contribution in [0.3, 0.4) is 0 Å². The maximum atomic E-state index is 14.1. The molecule has 0 radical (unpaired) electrons. The van der Waals surface area contributed by atoms with Crippen molar-refractivity contribution in [2.75, 3.05) is 36.5 Å². The molecule has 2 fully saturated rings. The van der Waals surface area contributed by atoms with Crippen LogP contribution in [0.4, 0.5) is 20.7 Å². The van der Waals surface area contributed by atoms with Crippen LogP contribution in [0.5, 0.6) is 0 Å². The number of rotatable bonds is 7. The van der Waals surface area contributed by atoms with Gasteiger partial charge in [-0.25, -0.2) is 13.8 Å². The van der Waals surface area contributed by atoms with E-state index >= 15 is 0 Å². The molecule has 2 aliphatic rings. The molecule has 1 N–H and O–H groups in total. The number of morpholine rings is 1. The van der Waals surface area contributed by atoms with E-state index in [1.54, 1.807) is 24.3 Å². The van der Waals surface area contributed by atoms with E-state index in [2.05, 4.69) is 27.4 Å². The first-order valence-electron chi connectivity index (χ1n) is 12.8. The smallest absolute Gasteiger partial charge is 0.296 e. The number of anilines is 2. The molecule has 1 saturated carbocycles. The number of nitrogens with one attached hydrogen (secondary N) is 1. The van der Waals surface area contributed by atoms with Gasteiger partial charge in [-0.2, -0.15) is 15.0 Å². The largest absolute Gasteiger partial charge is 0.378 e. The highest BCUT2D eigenvalue weighted by Gasteiger charge is 2.35. The molecule has 0 atom stereocenters. The summed E-state index contributed by atoms with van der Waals surface area (Å²) in [6.45, 7) is 2.34. The van der Waals surface area contributed by atoms with Gasteiger partial charge in [0.15, 0.2) is 5.82 Å². The number of aromatic nitrogens is 5. The predicted octanol–water partition coefficient (Wildman–Crippen LogP) is 4.95. The summed E-state index contributed by atoms with van der Waals surface area (Å²) in [7, 11) is 0. The summed E-state index contributed by atoms with van der Waals surface area (Å²) in [5.41, 5.74) is 2.02. The van der Waals surface area contributed by atoms with Gasteiger partial charge in [0.1, 0.15) is 0 Å². The van der Waals surface area contributed by atoms with Crippen molar-refractivity contribution in [1.82, 2.24) is 24.5 Å². The molecule has 4 aromatic rings. The number of hydrogen-bond acceptors (Lipinski definition) is 7. The Labute approximate surface area is 213 Å². The van der Waals surface area contributed by atoms with Crippen molar-refractivity contribution in [2.24, 2.45) is 0 Å². The number of hydrogen-bond donors (Lipinski definition) is 1. The highest BCUT2D eigenvalue weighted by atomic mass is 19.3. The second-order valence-electron chi connectivity index (χ2n) is 9.73. The Bertz CT molecular complexity index is 1370. The molecular formula is C27H29F2N7O. The van der Waals surface area contributed by atoms with Crippen molar-refractivity contribution in [3.05, 3.63) is 66.0 Å². The number of alkyl halides is 2. The summed E-state index contributed by atoms with van der Waals surface area (Å²) in [5.74, 6) is 0.589. The average molecular weight is 506 g/mol. The monoisotopic (exact) mass is 505 g/mol. The zero-order valence-corrected chi connectivity index (χ0v) is 20.5. The summed E-state index contributed by atoms with van der Waals surface area (Å²) < 4.78 is 35.1. The van der Waals surface area contributed by atoms with Gasteiger partial charge in [-0.05, 0) is 37.0 Å². The molecule has 0 bridgehead atoms. The van der Waals surface area contributed by atoms with E-state index in [4.69, 9.17) is 14.7 Å². The van der Waals surface area contributed by atoms with Gasteiger partial charge in [0, 0.05) is 18.6 Å². The fourth-order valence-corrected chi connectivity index (χ4v) is 5.44. The molecule has 8 nitrogen and oxygen atoms in total. The lowest BCUT2D eigenvalue weighted by molar-refractivity contribution is 0.122. The molecule has 2 aromatic carbocycles. The van der Waals surface area contributed by atoms with E-state index in [0.29, 0.717) is 49.2 Å². The first-order chi connectivity index (χ1) is 18.1.